The molecule has 18 heavy (non-hydrogen) atoms. The predicted octanol–water partition coefficient (Wildman–Crippen LogP) is 2.44. The highest BCUT2D eigenvalue weighted by Crippen LogP contribution is 2.34. The lowest BCUT2D eigenvalue weighted by molar-refractivity contribution is -0.0588. The Morgan fingerprint density at radius 2 is 1.94 bits per heavy atom. The topological polar surface area (TPSA) is 21.3 Å². The first-order valence-corrected chi connectivity index (χ1v) is 7.25. The molecule has 1 saturated heterocycles. The molecular weight excluding hydrogens is 222 g/mol. The second-order valence-electron chi connectivity index (χ2n) is 5.74. The normalized spacial score (nSPS) is 21.2. The van der Waals surface area contributed by atoms with Gasteiger partial charge in [-0.2, -0.15) is 0 Å². The lowest BCUT2D eigenvalue weighted by Gasteiger charge is -2.42. The molecule has 0 atom stereocenters. The monoisotopic (exact) mass is 245 g/mol. The summed E-state index contributed by atoms with van der Waals surface area (Å²) >= 11 is 0. The minimum atomic E-state index is 0.239. The zero-order valence-corrected chi connectivity index (χ0v) is 11.3. The van der Waals surface area contributed by atoms with Crippen molar-refractivity contribution in [2.75, 3.05) is 26.3 Å². The SMILES string of the molecule is CCNCC1(c2ccc3c(c2)CCCC3)COC1. The van der Waals surface area contributed by atoms with Gasteiger partial charge in [-0.15, -0.1) is 0 Å². The van der Waals surface area contributed by atoms with Crippen LogP contribution < -0.4 is 5.32 Å². The standard InChI is InChI=1S/C16H23NO/c1-2-17-10-16(11-18-12-16)15-8-7-13-5-3-4-6-14(13)9-15/h7-9,17H,2-6,10-12H2,1H3. The molecule has 0 spiro atoms. The summed E-state index contributed by atoms with van der Waals surface area (Å²) in [5.74, 6) is 0. The Morgan fingerprint density at radius 3 is 2.61 bits per heavy atom. The molecule has 2 heteroatoms. The summed E-state index contributed by atoms with van der Waals surface area (Å²) in [6, 6.07) is 7.15. The number of hydrogen-bond donors (Lipinski definition) is 1. The summed E-state index contributed by atoms with van der Waals surface area (Å²) in [6.45, 7) is 5.99. The van der Waals surface area contributed by atoms with Crippen LogP contribution in [0, 0.1) is 0 Å². The Kier molecular flexibility index (Phi) is 3.40. The minimum Gasteiger partial charge on any atom is -0.379 e. The molecule has 0 radical (unpaired) electrons. The smallest absolute Gasteiger partial charge is 0.0598 e. The van der Waals surface area contributed by atoms with E-state index in [9.17, 15) is 0 Å². The van der Waals surface area contributed by atoms with Crippen molar-refractivity contribution in [1.29, 1.82) is 0 Å². The Bertz CT molecular complexity index is 423. The molecule has 2 nitrogen and oxygen atoms in total. The van der Waals surface area contributed by atoms with Crippen LogP contribution in [0.15, 0.2) is 18.2 Å². The Labute approximate surface area is 110 Å². The van der Waals surface area contributed by atoms with Crippen molar-refractivity contribution in [2.45, 2.75) is 38.0 Å². The van der Waals surface area contributed by atoms with Gasteiger partial charge in [-0.25, -0.2) is 0 Å². The van der Waals surface area contributed by atoms with Crippen molar-refractivity contribution < 1.29 is 4.74 Å². The number of ether oxygens (including phenoxy) is 1. The van der Waals surface area contributed by atoms with E-state index in [2.05, 4.69) is 30.4 Å². The van der Waals surface area contributed by atoms with Crippen LogP contribution in [-0.2, 0) is 23.0 Å². The summed E-state index contributed by atoms with van der Waals surface area (Å²) in [7, 11) is 0. The van der Waals surface area contributed by atoms with Crippen LogP contribution >= 0.6 is 0 Å². The average molecular weight is 245 g/mol. The molecule has 98 valence electrons. The van der Waals surface area contributed by atoms with E-state index in [4.69, 9.17) is 4.74 Å². The maximum Gasteiger partial charge on any atom is 0.0598 e. The highest BCUT2D eigenvalue weighted by molar-refractivity contribution is 5.39. The van der Waals surface area contributed by atoms with Gasteiger partial charge in [0.15, 0.2) is 0 Å². The number of benzene rings is 1. The molecule has 0 bridgehead atoms. The first-order chi connectivity index (χ1) is 8.84. The van der Waals surface area contributed by atoms with Crippen LogP contribution in [0.1, 0.15) is 36.5 Å². The first-order valence-electron chi connectivity index (χ1n) is 7.25. The lowest BCUT2D eigenvalue weighted by atomic mass is 9.76. The van der Waals surface area contributed by atoms with E-state index in [0.29, 0.717) is 0 Å². The third-order valence-electron chi connectivity index (χ3n) is 4.43. The number of fused-ring (bicyclic) bond motifs is 1. The van der Waals surface area contributed by atoms with Gasteiger partial charge >= 0.3 is 0 Å². The van der Waals surface area contributed by atoms with E-state index in [1.165, 1.54) is 31.2 Å². The second-order valence-corrected chi connectivity index (χ2v) is 5.74. The van der Waals surface area contributed by atoms with Crippen molar-refractivity contribution in [1.82, 2.24) is 5.32 Å². The zero-order valence-electron chi connectivity index (χ0n) is 11.3. The van der Waals surface area contributed by atoms with Gasteiger partial charge in [0, 0.05) is 6.54 Å². The third-order valence-corrected chi connectivity index (χ3v) is 4.43. The van der Waals surface area contributed by atoms with Crippen LogP contribution in [-0.4, -0.2) is 26.3 Å². The average Bonchev–Trinajstić information content (AvgIpc) is 2.37. The quantitative estimate of drug-likeness (QED) is 0.879. The fourth-order valence-electron chi connectivity index (χ4n) is 3.15. The maximum atomic E-state index is 5.49. The Morgan fingerprint density at radius 1 is 1.17 bits per heavy atom. The lowest BCUT2D eigenvalue weighted by Crippen LogP contribution is -2.53. The molecule has 1 N–H and O–H groups in total. The van der Waals surface area contributed by atoms with E-state index in [1.807, 2.05) is 0 Å². The molecule has 1 heterocycles. The van der Waals surface area contributed by atoms with E-state index in [0.717, 1.165) is 26.3 Å². The number of aryl methyl sites for hydroxylation is 2. The highest BCUT2D eigenvalue weighted by atomic mass is 16.5. The largest absolute Gasteiger partial charge is 0.379 e. The molecule has 1 aliphatic heterocycles. The third kappa shape index (κ3) is 2.08. The van der Waals surface area contributed by atoms with Gasteiger partial charge in [0.05, 0.1) is 18.6 Å². The molecular formula is C16H23NO. The molecule has 0 aromatic heterocycles. The summed E-state index contributed by atoms with van der Waals surface area (Å²) in [6.07, 6.45) is 5.25. The number of hydrogen-bond acceptors (Lipinski definition) is 2. The maximum absolute atomic E-state index is 5.49. The van der Waals surface area contributed by atoms with Crippen LogP contribution in [0.4, 0.5) is 0 Å². The molecule has 0 amide bonds. The molecule has 1 fully saturated rings. The zero-order chi connectivity index (χ0) is 12.4. The van der Waals surface area contributed by atoms with Crippen molar-refractivity contribution >= 4 is 0 Å². The fourth-order valence-corrected chi connectivity index (χ4v) is 3.15. The van der Waals surface area contributed by atoms with Crippen LogP contribution in [0.2, 0.25) is 0 Å². The minimum absolute atomic E-state index is 0.239. The number of likely N-dealkylation sites (N-methyl/N-ethyl adjacent to an activating group) is 1. The molecule has 1 aromatic carbocycles. The van der Waals surface area contributed by atoms with Gasteiger partial charge in [-0.1, -0.05) is 25.1 Å². The molecule has 1 aliphatic carbocycles. The van der Waals surface area contributed by atoms with Gasteiger partial charge in [-0.3, -0.25) is 0 Å². The fraction of sp³-hybridized carbons (Fsp3) is 0.625. The predicted molar refractivity (Wildman–Crippen MR) is 74.1 cm³/mol. The summed E-state index contributed by atoms with van der Waals surface area (Å²) < 4.78 is 5.49. The molecule has 3 rings (SSSR count). The van der Waals surface area contributed by atoms with E-state index in [-0.39, 0.29) is 5.41 Å². The van der Waals surface area contributed by atoms with Crippen molar-refractivity contribution in [2.24, 2.45) is 0 Å². The second kappa shape index (κ2) is 5.02. The van der Waals surface area contributed by atoms with Crippen molar-refractivity contribution in [3.05, 3.63) is 34.9 Å². The Balaban J connectivity index is 1.86. The van der Waals surface area contributed by atoms with E-state index < -0.39 is 0 Å². The van der Waals surface area contributed by atoms with Gasteiger partial charge in [0.1, 0.15) is 0 Å². The van der Waals surface area contributed by atoms with Crippen molar-refractivity contribution in [3.8, 4) is 0 Å². The summed E-state index contributed by atoms with van der Waals surface area (Å²) in [5.41, 5.74) is 4.88. The van der Waals surface area contributed by atoms with Gasteiger partial charge in [0.2, 0.25) is 0 Å². The molecule has 0 unspecified atom stereocenters. The Hall–Kier alpha value is -0.860. The molecule has 0 saturated carbocycles. The number of rotatable bonds is 4. The van der Waals surface area contributed by atoms with Gasteiger partial charge in [0.25, 0.3) is 0 Å². The first kappa shape index (κ1) is 12.2. The van der Waals surface area contributed by atoms with Crippen LogP contribution in [0.5, 0.6) is 0 Å². The highest BCUT2D eigenvalue weighted by Gasteiger charge is 2.40. The summed E-state index contributed by atoms with van der Waals surface area (Å²) in [5, 5.41) is 3.49. The van der Waals surface area contributed by atoms with Gasteiger partial charge < -0.3 is 10.1 Å². The molecule has 2 aliphatic rings. The van der Waals surface area contributed by atoms with Gasteiger partial charge in [-0.05, 0) is 48.9 Å². The van der Waals surface area contributed by atoms with Crippen LogP contribution in [0.25, 0.3) is 0 Å². The van der Waals surface area contributed by atoms with E-state index >= 15 is 0 Å². The summed E-state index contributed by atoms with van der Waals surface area (Å²) in [4.78, 5) is 0. The van der Waals surface area contributed by atoms with Crippen LogP contribution in [0.3, 0.4) is 0 Å². The van der Waals surface area contributed by atoms with Crippen molar-refractivity contribution in [3.63, 3.8) is 0 Å². The number of nitrogens with one attached hydrogen (secondary N) is 1. The van der Waals surface area contributed by atoms with E-state index in [1.54, 1.807) is 11.1 Å². The molecule has 1 aromatic rings.